The lowest BCUT2D eigenvalue weighted by Crippen LogP contribution is -2.13. The standard InChI is InChI=1S/C17H22O2/c1-2-19-17(18)16-11-7-6-10-15(16)13-12-14-8-4-3-5-9-14/h3-5,8-9H,2,6-7,10-13H2,1H3. The molecule has 2 nitrogen and oxygen atoms in total. The third-order valence-corrected chi connectivity index (χ3v) is 3.66. The first kappa shape index (κ1) is 13.9. The Labute approximate surface area is 115 Å². The minimum atomic E-state index is -0.0924. The van der Waals surface area contributed by atoms with E-state index in [4.69, 9.17) is 4.74 Å². The highest BCUT2D eigenvalue weighted by molar-refractivity contribution is 5.89. The molecular formula is C17H22O2. The summed E-state index contributed by atoms with van der Waals surface area (Å²) in [6.07, 6.45) is 6.26. The largest absolute Gasteiger partial charge is 0.463 e. The van der Waals surface area contributed by atoms with Crippen LogP contribution in [0.3, 0.4) is 0 Å². The van der Waals surface area contributed by atoms with Crippen LogP contribution in [0.2, 0.25) is 0 Å². The smallest absolute Gasteiger partial charge is 0.333 e. The topological polar surface area (TPSA) is 26.3 Å². The fourth-order valence-corrected chi connectivity index (χ4v) is 2.65. The number of ether oxygens (including phenoxy) is 1. The number of carbonyl (C=O) groups is 1. The van der Waals surface area contributed by atoms with Crippen molar-refractivity contribution in [3.05, 3.63) is 47.0 Å². The van der Waals surface area contributed by atoms with Crippen LogP contribution in [0.4, 0.5) is 0 Å². The highest BCUT2D eigenvalue weighted by Gasteiger charge is 2.19. The maximum Gasteiger partial charge on any atom is 0.333 e. The van der Waals surface area contributed by atoms with Crippen LogP contribution in [-0.4, -0.2) is 12.6 Å². The van der Waals surface area contributed by atoms with Gasteiger partial charge in [-0.2, -0.15) is 0 Å². The highest BCUT2D eigenvalue weighted by atomic mass is 16.5. The Kier molecular flexibility index (Phi) is 5.20. The first-order chi connectivity index (χ1) is 9.31. The van der Waals surface area contributed by atoms with Gasteiger partial charge < -0.3 is 4.74 Å². The molecular weight excluding hydrogens is 236 g/mol. The second-order valence-electron chi connectivity index (χ2n) is 5.00. The summed E-state index contributed by atoms with van der Waals surface area (Å²) in [4.78, 5) is 11.9. The summed E-state index contributed by atoms with van der Waals surface area (Å²) >= 11 is 0. The van der Waals surface area contributed by atoms with Crippen LogP contribution in [0.15, 0.2) is 41.5 Å². The van der Waals surface area contributed by atoms with E-state index < -0.39 is 0 Å². The van der Waals surface area contributed by atoms with Crippen LogP contribution < -0.4 is 0 Å². The second kappa shape index (κ2) is 7.13. The Bertz CT molecular complexity index is 446. The Morgan fingerprint density at radius 1 is 1.11 bits per heavy atom. The summed E-state index contributed by atoms with van der Waals surface area (Å²) in [5.74, 6) is -0.0924. The van der Waals surface area contributed by atoms with Gasteiger partial charge in [-0.25, -0.2) is 4.79 Å². The molecule has 0 atom stereocenters. The van der Waals surface area contributed by atoms with Gasteiger partial charge in [0.2, 0.25) is 0 Å². The monoisotopic (exact) mass is 258 g/mol. The van der Waals surface area contributed by atoms with Gasteiger partial charge in [-0.1, -0.05) is 35.9 Å². The van der Waals surface area contributed by atoms with E-state index in [9.17, 15) is 4.79 Å². The van der Waals surface area contributed by atoms with Gasteiger partial charge >= 0.3 is 5.97 Å². The van der Waals surface area contributed by atoms with E-state index >= 15 is 0 Å². The second-order valence-corrected chi connectivity index (χ2v) is 5.00. The molecule has 102 valence electrons. The van der Waals surface area contributed by atoms with Gasteiger partial charge in [0.25, 0.3) is 0 Å². The van der Waals surface area contributed by atoms with Crippen molar-refractivity contribution in [2.24, 2.45) is 0 Å². The predicted molar refractivity (Wildman–Crippen MR) is 76.9 cm³/mol. The third kappa shape index (κ3) is 3.95. The van der Waals surface area contributed by atoms with Crippen LogP contribution in [0.5, 0.6) is 0 Å². The number of carbonyl (C=O) groups excluding carboxylic acids is 1. The van der Waals surface area contributed by atoms with Gasteiger partial charge in [0.05, 0.1) is 6.61 Å². The van der Waals surface area contributed by atoms with Gasteiger partial charge in [-0.3, -0.25) is 0 Å². The fraction of sp³-hybridized carbons (Fsp3) is 0.471. The van der Waals surface area contributed by atoms with Gasteiger partial charge in [-0.05, 0) is 51.0 Å². The van der Waals surface area contributed by atoms with Crippen molar-refractivity contribution < 1.29 is 9.53 Å². The van der Waals surface area contributed by atoms with Crippen molar-refractivity contribution in [2.75, 3.05) is 6.61 Å². The van der Waals surface area contributed by atoms with Crippen molar-refractivity contribution in [3.63, 3.8) is 0 Å². The number of esters is 1. The zero-order valence-corrected chi connectivity index (χ0v) is 11.7. The van der Waals surface area contributed by atoms with E-state index in [1.807, 2.05) is 13.0 Å². The molecule has 0 saturated carbocycles. The molecule has 0 spiro atoms. The number of benzene rings is 1. The molecule has 0 fully saturated rings. The number of hydrogen-bond acceptors (Lipinski definition) is 2. The molecule has 19 heavy (non-hydrogen) atoms. The Balaban J connectivity index is 2.04. The van der Waals surface area contributed by atoms with E-state index in [2.05, 4.69) is 24.3 Å². The predicted octanol–water partition coefficient (Wildman–Crippen LogP) is 4.05. The zero-order valence-electron chi connectivity index (χ0n) is 11.7. The summed E-state index contributed by atoms with van der Waals surface area (Å²) < 4.78 is 5.17. The molecule has 1 aliphatic carbocycles. The van der Waals surface area contributed by atoms with Gasteiger partial charge in [0.15, 0.2) is 0 Å². The molecule has 2 heteroatoms. The Morgan fingerprint density at radius 2 is 1.84 bits per heavy atom. The number of rotatable bonds is 5. The van der Waals surface area contributed by atoms with Crippen LogP contribution in [0, 0.1) is 0 Å². The lowest BCUT2D eigenvalue weighted by Gasteiger charge is -2.19. The van der Waals surface area contributed by atoms with Crippen LogP contribution in [-0.2, 0) is 16.0 Å². The van der Waals surface area contributed by atoms with Crippen molar-refractivity contribution in [2.45, 2.75) is 45.4 Å². The lowest BCUT2D eigenvalue weighted by molar-refractivity contribution is -0.138. The Hall–Kier alpha value is -1.57. The first-order valence-corrected chi connectivity index (χ1v) is 7.23. The summed E-state index contributed by atoms with van der Waals surface area (Å²) in [5.41, 5.74) is 3.60. The fourth-order valence-electron chi connectivity index (χ4n) is 2.65. The van der Waals surface area contributed by atoms with Crippen molar-refractivity contribution >= 4 is 5.97 Å². The van der Waals surface area contributed by atoms with Crippen LogP contribution in [0.25, 0.3) is 0 Å². The van der Waals surface area contributed by atoms with Crippen molar-refractivity contribution in [3.8, 4) is 0 Å². The summed E-state index contributed by atoms with van der Waals surface area (Å²) in [7, 11) is 0. The summed E-state index contributed by atoms with van der Waals surface area (Å²) in [6, 6.07) is 10.5. The molecule has 0 N–H and O–H groups in total. The molecule has 0 saturated heterocycles. The molecule has 0 unspecified atom stereocenters. The summed E-state index contributed by atoms with van der Waals surface area (Å²) in [6.45, 7) is 2.33. The average molecular weight is 258 g/mol. The molecule has 0 bridgehead atoms. The molecule has 0 heterocycles. The molecule has 0 radical (unpaired) electrons. The molecule has 1 aromatic carbocycles. The minimum absolute atomic E-state index is 0.0924. The maximum absolute atomic E-state index is 11.9. The molecule has 2 rings (SSSR count). The van der Waals surface area contributed by atoms with E-state index in [1.165, 1.54) is 17.6 Å². The van der Waals surface area contributed by atoms with E-state index in [1.54, 1.807) is 0 Å². The Morgan fingerprint density at radius 3 is 2.58 bits per heavy atom. The highest BCUT2D eigenvalue weighted by Crippen LogP contribution is 2.28. The number of aryl methyl sites for hydroxylation is 1. The zero-order chi connectivity index (χ0) is 13.5. The maximum atomic E-state index is 11.9. The third-order valence-electron chi connectivity index (χ3n) is 3.66. The van der Waals surface area contributed by atoms with Gasteiger partial charge in [0.1, 0.15) is 0 Å². The van der Waals surface area contributed by atoms with Crippen LogP contribution in [0.1, 0.15) is 44.6 Å². The normalized spacial score (nSPS) is 15.4. The van der Waals surface area contributed by atoms with Crippen molar-refractivity contribution in [1.82, 2.24) is 0 Å². The van der Waals surface area contributed by atoms with E-state index in [0.717, 1.165) is 37.7 Å². The summed E-state index contributed by atoms with van der Waals surface area (Å²) in [5, 5.41) is 0. The first-order valence-electron chi connectivity index (χ1n) is 7.23. The van der Waals surface area contributed by atoms with Crippen molar-refractivity contribution in [1.29, 1.82) is 0 Å². The van der Waals surface area contributed by atoms with Gasteiger partial charge in [0, 0.05) is 5.57 Å². The number of allylic oxidation sites excluding steroid dienone is 1. The quantitative estimate of drug-likeness (QED) is 0.745. The average Bonchev–Trinajstić information content (AvgIpc) is 2.47. The minimum Gasteiger partial charge on any atom is -0.463 e. The molecule has 0 aromatic heterocycles. The lowest BCUT2D eigenvalue weighted by atomic mass is 9.88. The van der Waals surface area contributed by atoms with Gasteiger partial charge in [-0.15, -0.1) is 0 Å². The van der Waals surface area contributed by atoms with E-state index in [-0.39, 0.29) is 5.97 Å². The molecule has 0 aliphatic heterocycles. The molecule has 0 amide bonds. The number of hydrogen-bond donors (Lipinski definition) is 0. The van der Waals surface area contributed by atoms with E-state index in [0.29, 0.717) is 6.61 Å². The van der Waals surface area contributed by atoms with Crippen LogP contribution >= 0.6 is 0 Å². The molecule has 1 aliphatic rings. The SMILES string of the molecule is CCOC(=O)C1=C(CCc2ccccc2)CCCC1. The molecule has 1 aromatic rings.